The predicted molar refractivity (Wildman–Crippen MR) is 70.6 cm³/mol. The van der Waals surface area contributed by atoms with Gasteiger partial charge in [0.1, 0.15) is 5.82 Å². The Labute approximate surface area is 110 Å². The maximum absolute atomic E-state index is 11.7. The normalized spacial score (nSPS) is 10.2. The van der Waals surface area contributed by atoms with Crippen molar-refractivity contribution in [2.24, 2.45) is 0 Å². The monoisotopic (exact) mass is 261 g/mol. The summed E-state index contributed by atoms with van der Waals surface area (Å²) in [6.45, 7) is 2.60. The van der Waals surface area contributed by atoms with E-state index in [-0.39, 0.29) is 0 Å². The van der Waals surface area contributed by atoms with E-state index in [4.69, 9.17) is 14.9 Å². The van der Waals surface area contributed by atoms with Crippen LogP contribution < -0.4 is 11.1 Å². The Morgan fingerprint density at radius 3 is 3.11 bits per heavy atom. The van der Waals surface area contributed by atoms with Crippen LogP contribution in [0.2, 0.25) is 0 Å². The highest BCUT2D eigenvalue weighted by Gasteiger charge is 2.12. The van der Waals surface area contributed by atoms with Gasteiger partial charge in [-0.2, -0.15) is 0 Å². The molecule has 0 spiro atoms. The average molecular weight is 261 g/mol. The number of esters is 1. The molecule has 2 heterocycles. The third-order valence-corrected chi connectivity index (χ3v) is 2.48. The SMILES string of the molecule is CCOC(=O)c1cc(NCc2ccoc2)ncc1N. The summed E-state index contributed by atoms with van der Waals surface area (Å²) >= 11 is 0. The number of hydrogen-bond donors (Lipinski definition) is 2. The van der Waals surface area contributed by atoms with Gasteiger partial charge in [-0.25, -0.2) is 9.78 Å². The molecule has 0 unspecified atom stereocenters. The van der Waals surface area contributed by atoms with E-state index >= 15 is 0 Å². The van der Waals surface area contributed by atoms with Crippen LogP contribution in [0.1, 0.15) is 22.8 Å². The largest absolute Gasteiger partial charge is 0.472 e. The molecule has 0 fully saturated rings. The van der Waals surface area contributed by atoms with Gasteiger partial charge in [-0.3, -0.25) is 0 Å². The number of aromatic nitrogens is 1. The highest BCUT2D eigenvalue weighted by molar-refractivity contribution is 5.95. The van der Waals surface area contributed by atoms with Crippen molar-refractivity contribution in [1.29, 1.82) is 0 Å². The van der Waals surface area contributed by atoms with E-state index in [1.165, 1.54) is 6.20 Å². The van der Waals surface area contributed by atoms with Crippen molar-refractivity contribution in [2.75, 3.05) is 17.7 Å². The topological polar surface area (TPSA) is 90.4 Å². The summed E-state index contributed by atoms with van der Waals surface area (Å²) in [7, 11) is 0. The van der Waals surface area contributed by atoms with E-state index in [2.05, 4.69) is 10.3 Å². The Morgan fingerprint density at radius 1 is 1.58 bits per heavy atom. The molecule has 3 N–H and O–H groups in total. The zero-order valence-corrected chi connectivity index (χ0v) is 10.6. The highest BCUT2D eigenvalue weighted by Crippen LogP contribution is 2.16. The number of nitrogens with one attached hydrogen (secondary N) is 1. The van der Waals surface area contributed by atoms with E-state index in [1.54, 1.807) is 25.5 Å². The molecule has 2 aromatic rings. The molecule has 100 valence electrons. The van der Waals surface area contributed by atoms with E-state index in [0.717, 1.165) is 5.56 Å². The van der Waals surface area contributed by atoms with Crippen molar-refractivity contribution in [3.05, 3.63) is 42.0 Å². The van der Waals surface area contributed by atoms with Crippen LogP contribution >= 0.6 is 0 Å². The number of carbonyl (C=O) groups excluding carboxylic acids is 1. The van der Waals surface area contributed by atoms with E-state index < -0.39 is 5.97 Å². The first-order valence-electron chi connectivity index (χ1n) is 5.88. The summed E-state index contributed by atoms with van der Waals surface area (Å²) in [5.41, 5.74) is 7.30. The van der Waals surface area contributed by atoms with Crippen molar-refractivity contribution >= 4 is 17.5 Å². The van der Waals surface area contributed by atoms with Gasteiger partial charge in [0, 0.05) is 12.1 Å². The minimum Gasteiger partial charge on any atom is -0.472 e. The minimum absolute atomic E-state index is 0.298. The second-order valence-electron chi connectivity index (χ2n) is 3.86. The Balaban J connectivity index is 2.09. The molecule has 6 heteroatoms. The number of pyridine rings is 1. The van der Waals surface area contributed by atoms with Crippen LogP contribution in [0.5, 0.6) is 0 Å². The summed E-state index contributed by atoms with van der Waals surface area (Å²) in [6, 6.07) is 3.42. The van der Waals surface area contributed by atoms with Gasteiger partial charge in [0.2, 0.25) is 0 Å². The standard InChI is InChI=1S/C13H15N3O3/c1-2-19-13(17)10-5-12(16-7-11(10)14)15-6-9-3-4-18-8-9/h3-5,7-8H,2,6,14H2,1H3,(H,15,16). The molecule has 2 rings (SSSR count). The summed E-state index contributed by atoms with van der Waals surface area (Å²) in [4.78, 5) is 15.8. The molecule has 0 atom stereocenters. The maximum Gasteiger partial charge on any atom is 0.340 e. The third-order valence-electron chi connectivity index (χ3n) is 2.48. The molecule has 0 amide bonds. The van der Waals surface area contributed by atoms with E-state index in [1.807, 2.05) is 6.07 Å². The molecule has 0 aliphatic heterocycles. The van der Waals surface area contributed by atoms with Crippen molar-refractivity contribution in [3.8, 4) is 0 Å². The number of nitrogen functional groups attached to an aromatic ring is 1. The van der Waals surface area contributed by atoms with Crippen LogP contribution in [-0.4, -0.2) is 17.6 Å². The second-order valence-corrected chi connectivity index (χ2v) is 3.86. The summed E-state index contributed by atoms with van der Waals surface area (Å²) in [5.74, 6) is 0.104. The lowest BCUT2D eigenvalue weighted by Gasteiger charge is -2.08. The van der Waals surface area contributed by atoms with Crippen LogP contribution in [0.15, 0.2) is 35.3 Å². The molecular formula is C13H15N3O3. The first-order chi connectivity index (χ1) is 9.20. The van der Waals surface area contributed by atoms with Gasteiger partial charge in [0.25, 0.3) is 0 Å². The van der Waals surface area contributed by atoms with Crippen LogP contribution in [0.4, 0.5) is 11.5 Å². The first kappa shape index (κ1) is 12.9. The van der Waals surface area contributed by atoms with Gasteiger partial charge in [-0.05, 0) is 19.1 Å². The minimum atomic E-state index is -0.450. The molecule has 0 aromatic carbocycles. The van der Waals surface area contributed by atoms with E-state index in [9.17, 15) is 4.79 Å². The second kappa shape index (κ2) is 5.90. The molecule has 19 heavy (non-hydrogen) atoms. The zero-order valence-electron chi connectivity index (χ0n) is 10.6. The number of carbonyl (C=O) groups is 1. The molecule has 0 saturated heterocycles. The first-order valence-corrected chi connectivity index (χ1v) is 5.88. The Bertz CT molecular complexity index is 552. The Kier molecular flexibility index (Phi) is 4.02. The third kappa shape index (κ3) is 3.25. The lowest BCUT2D eigenvalue weighted by molar-refractivity contribution is 0.0527. The number of anilines is 2. The molecule has 0 aliphatic carbocycles. The maximum atomic E-state index is 11.7. The highest BCUT2D eigenvalue weighted by atomic mass is 16.5. The Morgan fingerprint density at radius 2 is 2.42 bits per heavy atom. The molecule has 6 nitrogen and oxygen atoms in total. The number of nitrogens with two attached hydrogens (primary N) is 1. The van der Waals surface area contributed by atoms with Gasteiger partial charge in [0.15, 0.2) is 0 Å². The zero-order chi connectivity index (χ0) is 13.7. The lowest BCUT2D eigenvalue weighted by atomic mass is 10.2. The molecule has 2 aromatic heterocycles. The quantitative estimate of drug-likeness (QED) is 0.800. The van der Waals surface area contributed by atoms with Crippen molar-refractivity contribution in [1.82, 2.24) is 4.98 Å². The number of rotatable bonds is 5. The predicted octanol–water partition coefficient (Wildman–Crippen LogP) is 2.05. The summed E-state index contributed by atoms with van der Waals surface area (Å²) in [6.07, 6.45) is 4.66. The summed E-state index contributed by atoms with van der Waals surface area (Å²) < 4.78 is 9.89. The van der Waals surface area contributed by atoms with Crippen LogP contribution in [-0.2, 0) is 11.3 Å². The fourth-order valence-electron chi connectivity index (χ4n) is 1.53. The number of nitrogens with zero attached hydrogens (tertiary/aromatic N) is 1. The van der Waals surface area contributed by atoms with Gasteiger partial charge in [-0.1, -0.05) is 0 Å². The average Bonchev–Trinajstić information content (AvgIpc) is 2.91. The number of hydrogen-bond acceptors (Lipinski definition) is 6. The van der Waals surface area contributed by atoms with Crippen LogP contribution in [0, 0.1) is 0 Å². The van der Waals surface area contributed by atoms with E-state index in [0.29, 0.717) is 30.2 Å². The lowest BCUT2D eigenvalue weighted by Crippen LogP contribution is -2.10. The van der Waals surface area contributed by atoms with Crippen LogP contribution in [0.25, 0.3) is 0 Å². The van der Waals surface area contributed by atoms with Gasteiger partial charge in [0.05, 0.1) is 36.6 Å². The van der Waals surface area contributed by atoms with Gasteiger partial charge < -0.3 is 20.2 Å². The Hall–Kier alpha value is -2.50. The molecule has 0 radical (unpaired) electrons. The van der Waals surface area contributed by atoms with Crippen molar-refractivity contribution in [3.63, 3.8) is 0 Å². The van der Waals surface area contributed by atoms with Gasteiger partial charge in [-0.15, -0.1) is 0 Å². The molecule has 0 aliphatic rings. The molecule has 0 saturated carbocycles. The molecule has 0 bridgehead atoms. The van der Waals surface area contributed by atoms with Crippen LogP contribution in [0.3, 0.4) is 0 Å². The molecular weight excluding hydrogens is 246 g/mol. The summed E-state index contributed by atoms with van der Waals surface area (Å²) in [5, 5.41) is 3.08. The number of ether oxygens (including phenoxy) is 1. The fraction of sp³-hybridized carbons (Fsp3) is 0.231. The van der Waals surface area contributed by atoms with Crippen molar-refractivity contribution < 1.29 is 13.9 Å². The smallest absolute Gasteiger partial charge is 0.340 e. The van der Waals surface area contributed by atoms with Gasteiger partial charge >= 0.3 is 5.97 Å². The number of furan rings is 1. The van der Waals surface area contributed by atoms with Crippen molar-refractivity contribution in [2.45, 2.75) is 13.5 Å². The fourth-order valence-corrected chi connectivity index (χ4v) is 1.53.